The Morgan fingerprint density at radius 2 is 2.67 bits per heavy atom. The van der Waals surface area contributed by atoms with Gasteiger partial charge in [-0.2, -0.15) is 5.10 Å². The maximum absolute atomic E-state index is 3.84. The Kier molecular flexibility index (Phi) is 1.19. The van der Waals surface area contributed by atoms with Crippen LogP contribution in [0.15, 0.2) is 11.9 Å². The van der Waals surface area contributed by atoms with Gasteiger partial charge in [0, 0.05) is 0 Å². The fourth-order valence-electron chi connectivity index (χ4n) is 0.217. The van der Waals surface area contributed by atoms with Crippen LogP contribution in [0.25, 0.3) is 0 Å². The van der Waals surface area contributed by atoms with E-state index < -0.39 is 0 Å². The van der Waals surface area contributed by atoms with Gasteiger partial charge in [-0.3, -0.25) is 4.45 Å². The van der Waals surface area contributed by atoms with Gasteiger partial charge >= 0.3 is 0 Å². The summed E-state index contributed by atoms with van der Waals surface area (Å²) in [6, 6.07) is 0. The van der Waals surface area contributed by atoms with Gasteiger partial charge in [-0.25, -0.2) is 0 Å². The average molecular weight is 118 g/mol. The van der Waals surface area contributed by atoms with E-state index in [0.29, 0.717) is 0 Å². The minimum absolute atomic E-state index is 1.17. The molecule has 0 aliphatic rings. The van der Waals surface area contributed by atoms with E-state index in [0.717, 1.165) is 0 Å². The van der Waals surface area contributed by atoms with E-state index in [1.165, 1.54) is 8.19 Å². The Morgan fingerprint density at radius 3 is 2.83 bits per heavy atom. The summed E-state index contributed by atoms with van der Waals surface area (Å²) in [7, 11) is 3.62. The first-order valence-electron chi connectivity index (χ1n) is 1.49. The third-order valence-corrected chi connectivity index (χ3v) is 1.58. The van der Waals surface area contributed by atoms with Crippen molar-refractivity contribution in [3.8, 4) is 0 Å². The largest absolute Gasteiger partial charge is 0.254 e. The summed E-state index contributed by atoms with van der Waals surface area (Å²) in [5.74, 6) is 3.78. The third-order valence-electron chi connectivity index (χ3n) is 0.437. The molecule has 1 rings (SSSR count). The van der Waals surface area contributed by atoms with Crippen molar-refractivity contribution < 1.29 is 0 Å². The molecule has 0 radical (unpaired) electrons. The summed E-state index contributed by atoms with van der Waals surface area (Å²) in [5.41, 5.74) is 0. The summed E-state index contributed by atoms with van der Waals surface area (Å²) in [5, 5.41) is 3.84. The van der Waals surface area contributed by atoms with Crippen LogP contribution >= 0.6 is 17.6 Å². The summed E-state index contributed by atoms with van der Waals surface area (Å²) in [4.78, 5) is 0. The summed E-state index contributed by atoms with van der Waals surface area (Å²) < 4.78 is 1.71. The molecule has 0 aliphatic heterocycles. The van der Waals surface area contributed by atoms with Crippen molar-refractivity contribution in [2.45, 2.75) is 0 Å². The van der Waals surface area contributed by atoms with Crippen molar-refractivity contribution in [1.29, 1.82) is 0 Å². The van der Waals surface area contributed by atoms with Crippen LogP contribution in [-0.4, -0.2) is 9.55 Å². The van der Waals surface area contributed by atoms with Crippen LogP contribution in [0.4, 0.5) is 0 Å². The SMILES string of the molecule is Pn1cpcn1. The highest BCUT2D eigenvalue weighted by molar-refractivity contribution is 7.29. The third kappa shape index (κ3) is 0.767. The molecule has 0 N–H and O–H groups in total. The average Bonchev–Trinajstić information content (AvgIpc) is 1.86. The van der Waals surface area contributed by atoms with Gasteiger partial charge in [-0.1, -0.05) is 0 Å². The molecule has 0 bridgehead atoms. The van der Waals surface area contributed by atoms with Crippen LogP contribution < -0.4 is 0 Å². The first-order valence-corrected chi connectivity index (χ1v) is 3.04. The highest BCUT2D eigenvalue weighted by Gasteiger charge is 1.70. The lowest BCUT2D eigenvalue weighted by Gasteiger charge is -1.76. The quantitative estimate of drug-likeness (QED) is 0.466. The van der Waals surface area contributed by atoms with Gasteiger partial charge in [-0.05, 0) is 17.6 Å². The maximum Gasteiger partial charge on any atom is 0.0762 e. The highest BCUT2D eigenvalue weighted by atomic mass is 31.0. The van der Waals surface area contributed by atoms with Crippen LogP contribution in [0, 0.1) is 0 Å². The maximum atomic E-state index is 3.84. The Hall–Kier alpha value is 0.0700. The van der Waals surface area contributed by atoms with Gasteiger partial charge in [0.15, 0.2) is 0 Å². The van der Waals surface area contributed by atoms with Gasteiger partial charge in [0.1, 0.15) is 0 Å². The van der Waals surface area contributed by atoms with Crippen molar-refractivity contribution in [3.05, 3.63) is 11.9 Å². The van der Waals surface area contributed by atoms with Gasteiger partial charge in [0.2, 0.25) is 0 Å². The Bertz CT molecular complexity index is 113. The molecule has 4 heteroatoms. The molecule has 1 aromatic heterocycles. The number of nitrogens with zero attached hydrogens (tertiary/aromatic N) is 2. The Morgan fingerprint density at radius 1 is 1.83 bits per heavy atom. The summed E-state index contributed by atoms with van der Waals surface area (Å²) in [6.07, 6.45) is 0. The molecule has 1 unspecified atom stereocenters. The fourth-order valence-corrected chi connectivity index (χ4v) is 1.06. The Balaban J connectivity index is 3.05. The van der Waals surface area contributed by atoms with Crippen LogP contribution in [0.5, 0.6) is 0 Å². The predicted octanol–water partition coefficient (Wildman–Crippen LogP) is 1.10. The van der Waals surface area contributed by atoms with E-state index in [1.54, 1.807) is 4.45 Å². The zero-order valence-electron chi connectivity index (χ0n) is 3.07. The molecule has 0 saturated heterocycles. The molecule has 6 heavy (non-hydrogen) atoms. The molecule has 1 heterocycles. The lowest BCUT2D eigenvalue weighted by Crippen LogP contribution is -1.71. The van der Waals surface area contributed by atoms with Crippen molar-refractivity contribution in [1.82, 2.24) is 9.55 Å². The molecular formula is C2H4N2P2. The first-order chi connectivity index (χ1) is 2.89. The molecular weight excluding hydrogens is 114 g/mol. The van der Waals surface area contributed by atoms with Crippen molar-refractivity contribution in [2.24, 2.45) is 0 Å². The standard InChI is InChI=1S/C2H4N2P2/c5-4-2-6-1-3-4/h1-2H,5H2. The van der Waals surface area contributed by atoms with Gasteiger partial charge in [0.25, 0.3) is 0 Å². The second kappa shape index (κ2) is 1.68. The summed E-state index contributed by atoms with van der Waals surface area (Å²) >= 11 is 0. The number of aromatic nitrogens is 2. The molecule has 0 aliphatic carbocycles. The molecule has 0 aromatic carbocycles. The molecule has 32 valence electrons. The van der Waals surface area contributed by atoms with Crippen LogP contribution in [0.3, 0.4) is 0 Å². The second-order valence-electron chi connectivity index (χ2n) is 0.875. The lowest BCUT2D eigenvalue weighted by atomic mass is 11.6. The molecule has 0 amide bonds. The Labute approximate surface area is 39.9 Å². The lowest BCUT2D eigenvalue weighted by molar-refractivity contribution is 1.01. The predicted molar refractivity (Wildman–Crippen MR) is 29.8 cm³/mol. The van der Waals surface area contributed by atoms with E-state index >= 15 is 0 Å². The molecule has 1 atom stereocenters. The molecule has 0 fully saturated rings. The van der Waals surface area contributed by atoms with Crippen LogP contribution in [-0.2, 0) is 0 Å². The normalized spacial score (nSPS) is 10.2. The molecule has 0 saturated carbocycles. The number of hydrogen-bond acceptors (Lipinski definition) is 1. The van der Waals surface area contributed by atoms with Crippen molar-refractivity contribution >= 4 is 17.6 Å². The minimum atomic E-state index is 1.17. The smallest absolute Gasteiger partial charge is 0.0762 e. The van der Waals surface area contributed by atoms with Gasteiger partial charge < -0.3 is 0 Å². The van der Waals surface area contributed by atoms with E-state index in [-0.39, 0.29) is 0 Å². The van der Waals surface area contributed by atoms with Crippen molar-refractivity contribution in [2.75, 3.05) is 0 Å². The van der Waals surface area contributed by atoms with E-state index in [9.17, 15) is 0 Å². The summed E-state index contributed by atoms with van der Waals surface area (Å²) in [6.45, 7) is 0. The monoisotopic (exact) mass is 118 g/mol. The first kappa shape index (κ1) is 4.23. The van der Waals surface area contributed by atoms with Crippen molar-refractivity contribution in [3.63, 3.8) is 0 Å². The van der Waals surface area contributed by atoms with E-state index in [4.69, 9.17) is 0 Å². The molecule has 1 aromatic rings. The van der Waals surface area contributed by atoms with Crippen LogP contribution in [0.1, 0.15) is 0 Å². The minimum Gasteiger partial charge on any atom is -0.254 e. The fraction of sp³-hybridized carbons (Fsp3) is 0. The van der Waals surface area contributed by atoms with Gasteiger partial charge in [0.05, 0.1) is 11.9 Å². The second-order valence-corrected chi connectivity index (χ2v) is 2.16. The van der Waals surface area contributed by atoms with E-state index in [1.807, 2.05) is 11.9 Å². The molecule has 2 nitrogen and oxygen atoms in total. The van der Waals surface area contributed by atoms with Crippen LogP contribution in [0.2, 0.25) is 0 Å². The highest BCUT2D eigenvalue weighted by Crippen LogP contribution is 2.00. The number of hydrogen-bond donors (Lipinski definition) is 0. The zero-order valence-corrected chi connectivity index (χ0v) is 5.12. The van der Waals surface area contributed by atoms with Gasteiger partial charge in [-0.15, -0.1) is 0 Å². The number of rotatable bonds is 0. The topological polar surface area (TPSA) is 17.8 Å². The molecule has 0 spiro atoms. The zero-order chi connectivity index (χ0) is 4.41. The van der Waals surface area contributed by atoms with E-state index in [2.05, 4.69) is 14.5 Å².